The lowest BCUT2D eigenvalue weighted by Crippen LogP contribution is -2.24. The van der Waals surface area contributed by atoms with E-state index in [1.165, 1.54) is 23.2 Å². The SMILES string of the molecule is CCCNCc1ccccc1N(CC)Cc1ccccc1. The second-order valence-corrected chi connectivity index (χ2v) is 5.31. The zero-order valence-electron chi connectivity index (χ0n) is 13.2. The van der Waals surface area contributed by atoms with Gasteiger partial charge in [-0.1, -0.05) is 55.5 Å². The van der Waals surface area contributed by atoms with Gasteiger partial charge >= 0.3 is 0 Å². The number of para-hydroxylation sites is 1. The highest BCUT2D eigenvalue weighted by Gasteiger charge is 2.09. The van der Waals surface area contributed by atoms with Crippen LogP contribution < -0.4 is 10.2 Å². The van der Waals surface area contributed by atoms with E-state index in [1.807, 2.05) is 0 Å². The molecule has 0 saturated heterocycles. The summed E-state index contributed by atoms with van der Waals surface area (Å²) >= 11 is 0. The highest BCUT2D eigenvalue weighted by atomic mass is 15.1. The number of hydrogen-bond donors (Lipinski definition) is 1. The minimum atomic E-state index is 0.940. The molecular weight excluding hydrogens is 256 g/mol. The molecule has 0 aromatic heterocycles. The predicted molar refractivity (Wildman–Crippen MR) is 91.6 cm³/mol. The van der Waals surface area contributed by atoms with Gasteiger partial charge in [-0.05, 0) is 37.1 Å². The Bertz CT molecular complexity index is 522. The Morgan fingerprint density at radius 1 is 0.905 bits per heavy atom. The van der Waals surface area contributed by atoms with Crippen LogP contribution in [0.1, 0.15) is 31.4 Å². The van der Waals surface area contributed by atoms with Crippen molar-refractivity contribution in [3.05, 3.63) is 65.7 Å². The predicted octanol–water partition coefficient (Wildman–Crippen LogP) is 4.21. The van der Waals surface area contributed by atoms with Gasteiger partial charge in [0.05, 0.1) is 0 Å². The quantitative estimate of drug-likeness (QED) is 0.730. The second-order valence-electron chi connectivity index (χ2n) is 5.31. The third kappa shape index (κ3) is 4.61. The molecule has 21 heavy (non-hydrogen) atoms. The number of benzene rings is 2. The van der Waals surface area contributed by atoms with Gasteiger partial charge in [0.15, 0.2) is 0 Å². The number of anilines is 1. The van der Waals surface area contributed by atoms with Crippen molar-refractivity contribution < 1.29 is 0 Å². The molecule has 0 radical (unpaired) electrons. The molecule has 0 atom stereocenters. The van der Waals surface area contributed by atoms with Crippen LogP contribution in [0.2, 0.25) is 0 Å². The molecule has 0 bridgehead atoms. The van der Waals surface area contributed by atoms with Crippen LogP contribution in [0.4, 0.5) is 5.69 Å². The lowest BCUT2D eigenvalue weighted by Gasteiger charge is -2.26. The molecule has 112 valence electrons. The first-order chi connectivity index (χ1) is 10.3. The van der Waals surface area contributed by atoms with Crippen LogP contribution >= 0.6 is 0 Å². The second kappa shape index (κ2) is 8.48. The van der Waals surface area contributed by atoms with E-state index in [0.717, 1.165) is 26.2 Å². The molecule has 1 N–H and O–H groups in total. The van der Waals surface area contributed by atoms with Gasteiger partial charge in [0.25, 0.3) is 0 Å². The lowest BCUT2D eigenvalue weighted by atomic mass is 10.1. The summed E-state index contributed by atoms with van der Waals surface area (Å²) in [4.78, 5) is 2.44. The molecule has 0 unspecified atom stereocenters. The van der Waals surface area contributed by atoms with Gasteiger partial charge in [-0.25, -0.2) is 0 Å². The molecule has 0 heterocycles. The number of hydrogen-bond acceptors (Lipinski definition) is 2. The normalized spacial score (nSPS) is 10.6. The van der Waals surface area contributed by atoms with Crippen LogP contribution in [-0.2, 0) is 13.1 Å². The Morgan fingerprint density at radius 2 is 1.62 bits per heavy atom. The van der Waals surface area contributed by atoms with Crippen LogP contribution in [0.5, 0.6) is 0 Å². The Morgan fingerprint density at radius 3 is 2.33 bits per heavy atom. The number of nitrogens with zero attached hydrogens (tertiary/aromatic N) is 1. The van der Waals surface area contributed by atoms with E-state index in [0.29, 0.717) is 0 Å². The Labute approximate surface area is 128 Å². The molecule has 2 nitrogen and oxygen atoms in total. The molecule has 0 aliphatic rings. The maximum Gasteiger partial charge on any atom is 0.0429 e. The smallest absolute Gasteiger partial charge is 0.0429 e. The highest BCUT2D eigenvalue weighted by Crippen LogP contribution is 2.22. The molecule has 0 aliphatic carbocycles. The largest absolute Gasteiger partial charge is 0.367 e. The van der Waals surface area contributed by atoms with E-state index < -0.39 is 0 Å². The Hall–Kier alpha value is -1.80. The van der Waals surface area contributed by atoms with Gasteiger partial charge in [-0.3, -0.25) is 0 Å². The summed E-state index contributed by atoms with van der Waals surface area (Å²) in [5.41, 5.74) is 4.08. The molecule has 0 amide bonds. The zero-order chi connectivity index (χ0) is 14.9. The number of rotatable bonds is 8. The monoisotopic (exact) mass is 282 g/mol. The van der Waals surface area contributed by atoms with E-state index in [1.54, 1.807) is 0 Å². The van der Waals surface area contributed by atoms with Gasteiger partial charge in [0.1, 0.15) is 0 Å². The van der Waals surface area contributed by atoms with E-state index >= 15 is 0 Å². The summed E-state index contributed by atoms with van der Waals surface area (Å²) in [6.45, 7) is 8.40. The molecule has 0 fully saturated rings. The molecule has 2 aromatic rings. The molecule has 0 aliphatic heterocycles. The van der Waals surface area contributed by atoms with E-state index in [4.69, 9.17) is 0 Å². The maximum absolute atomic E-state index is 3.51. The molecular formula is C19H26N2. The minimum Gasteiger partial charge on any atom is -0.367 e. The van der Waals surface area contributed by atoms with Crippen LogP contribution in [-0.4, -0.2) is 13.1 Å². The first kappa shape index (κ1) is 15.6. The topological polar surface area (TPSA) is 15.3 Å². The summed E-state index contributed by atoms with van der Waals surface area (Å²) in [6, 6.07) is 19.4. The van der Waals surface area contributed by atoms with Crippen LogP contribution in [0.3, 0.4) is 0 Å². The third-order valence-corrected chi connectivity index (χ3v) is 3.67. The maximum atomic E-state index is 3.51. The van der Waals surface area contributed by atoms with Gasteiger partial charge in [-0.2, -0.15) is 0 Å². The van der Waals surface area contributed by atoms with Crippen molar-refractivity contribution in [1.82, 2.24) is 5.32 Å². The Kier molecular flexibility index (Phi) is 6.29. The lowest BCUT2D eigenvalue weighted by molar-refractivity contribution is 0.672. The van der Waals surface area contributed by atoms with Crippen LogP contribution in [0.15, 0.2) is 54.6 Å². The average Bonchev–Trinajstić information content (AvgIpc) is 2.54. The van der Waals surface area contributed by atoms with Gasteiger partial charge in [0, 0.05) is 25.3 Å². The molecule has 0 saturated carbocycles. The summed E-state index contributed by atoms with van der Waals surface area (Å²) in [6.07, 6.45) is 1.17. The first-order valence-electron chi connectivity index (χ1n) is 7.92. The fourth-order valence-corrected chi connectivity index (χ4v) is 2.54. The molecule has 2 heteroatoms. The van der Waals surface area contributed by atoms with Gasteiger partial charge in [0.2, 0.25) is 0 Å². The van der Waals surface area contributed by atoms with Gasteiger partial charge < -0.3 is 10.2 Å². The van der Waals surface area contributed by atoms with Crippen molar-refractivity contribution in [3.63, 3.8) is 0 Å². The van der Waals surface area contributed by atoms with Crippen molar-refractivity contribution >= 4 is 5.69 Å². The third-order valence-electron chi connectivity index (χ3n) is 3.67. The molecule has 0 spiro atoms. The summed E-state index contributed by atoms with van der Waals surface area (Å²) in [5, 5.41) is 3.51. The standard InChI is InChI=1S/C19H26N2/c1-3-14-20-15-18-12-8-9-13-19(18)21(4-2)16-17-10-6-5-7-11-17/h5-13,20H,3-4,14-16H2,1-2H3. The van der Waals surface area contributed by atoms with Crippen LogP contribution in [0.25, 0.3) is 0 Å². The van der Waals surface area contributed by atoms with Crippen molar-refractivity contribution in [1.29, 1.82) is 0 Å². The van der Waals surface area contributed by atoms with Crippen molar-refractivity contribution in [3.8, 4) is 0 Å². The molecule has 2 rings (SSSR count). The average molecular weight is 282 g/mol. The van der Waals surface area contributed by atoms with Crippen LogP contribution in [0, 0.1) is 0 Å². The Balaban J connectivity index is 2.13. The highest BCUT2D eigenvalue weighted by molar-refractivity contribution is 5.54. The van der Waals surface area contributed by atoms with Crippen molar-refractivity contribution in [2.24, 2.45) is 0 Å². The van der Waals surface area contributed by atoms with Gasteiger partial charge in [-0.15, -0.1) is 0 Å². The van der Waals surface area contributed by atoms with E-state index in [-0.39, 0.29) is 0 Å². The van der Waals surface area contributed by atoms with E-state index in [9.17, 15) is 0 Å². The van der Waals surface area contributed by atoms with E-state index in [2.05, 4.69) is 78.7 Å². The zero-order valence-corrected chi connectivity index (χ0v) is 13.2. The summed E-state index contributed by atoms with van der Waals surface area (Å²) < 4.78 is 0. The van der Waals surface area contributed by atoms with Crippen molar-refractivity contribution in [2.75, 3.05) is 18.0 Å². The fraction of sp³-hybridized carbons (Fsp3) is 0.368. The minimum absolute atomic E-state index is 0.940. The first-order valence-corrected chi connectivity index (χ1v) is 7.92. The molecule has 2 aromatic carbocycles. The number of nitrogens with one attached hydrogen (secondary N) is 1. The van der Waals surface area contributed by atoms with Crippen molar-refractivity contribution in [2.45, 2.75) is 33.4 Å². The fourth-order valence-electron chi connectivity index (χ4n) is 2.54. The summed E-state index contributed by atoms with van der Waals surface area (Å²) in [5.74, 6) is 0. The summed E-state index contributed by atoms with van der Waals surface area (Å²) in [7, 11) is 0.